The summed E-state index contributed by atoms with van der Waals surface area (Å²) in [5.74, 6) is 1.22. The van der Waals surface area contributed by atoms with Gasteiger partial charge in [0.25, 0.3) is 0 Å². The average Bonchev–Trinajstić information content (AvgIpc) is 2.95. The van der Waals surface area contributed by atoms with E-state index in [0.717, 1.165) is 21.9 Å². The van der Waals surface area contributed by atoms with Crippen molar-refractivity contribution in [1.82, 2.24) is 5.43 Å². The molecule has 38 heavy (non-hydrogen) atoms. The average molecular weight is 512 g/mol. The third-order valence-corrected chi connectivity index (χ3v) is 5.81. The molecule has 0 aliphatic carbocycles. The molecule has 8 nitrogen and oxygen atoms in total. The molecule has 4 aromatic carbocycles. The first-order chi connectivity index (χ1) is 18.6. The number of amides is 2. The molecule has 0 bridgehead atoms. The molecule has 0 spiro atoms. The van der Waals surface area contributed by atoms with Crippen LogP contribution in [0.1, 0.15) is 24.0 Å². The van der Waals surface area contributed by atoms with Crippen LogP contribution in [0.3, 0.4) is 0 Å². The van der Waals surface area contributed by atoms with E-state index in [9.17, 15) is 9.59 Å². The van der Waals surface area contributed by atoms with Crippen molar-refractivity contribution in [3.8, 4) is 17.2 Å². The number of hydrogen-bond donors (Lipinski definition) is 2. The Kier molecular flexibility index (Phi) is 8.91. The topological polar surface area (TPSA) is 98.2 Å². The Morgan fingerprint density at radius 3 is 2.37 bits per heavy atom. The fourth-order valence-corrected chi connectivity index (χ4v) is 3.82. The van der Waals surface area contributed by atoms with Crippen LogP contribution in [0.2, 0.25) is 0 Å². The fraction of sp³-hybridized carbons (Fsp3) is 0.167. The Balaban J connectivity index is 1.26. The second-order valence-corrected chi connectivity index (χ2v) is 8.41. The Morgan fingerprint density at radius 2 is 1.58 bits per heavy atom. The summed E-state index contributed by atoms with van der Waals surface area (Å²) >= 11 is 0. The standard InChI is InChI=1S/C30H29N3O5/c1-36-25-13-11-24(12-14-25)32-29(34)16-17-30(35)33-31-19-21-10-15-27(28(18-21)37-2)38-20-23-8-5-7-22-6-3-4-9-26(22)23/h3-15,18-19H,16-17,20H2,1-2H3,(H,32,34)(H,33,35). The number of nitrogens with one attached hydrogen (secondary N) is 2. The first-order valence-electron chi connectivity index (χ1n) is 12.1. The van der Waals surface area contributed by atoms with Gasteiger partial charge in [-0.15, -0.1) is 0 Å². The van der Waals surface area contributed by atoms with Crippen LogP contribution in [0.5, 0.6) is 17.2 Å². The summed E-state index contributed by atoms with van der Waals surface area (Å²) in [7, 11) is 3.14. The van der Waals surface area contributed by atoms with Gasteiger partial charge in [0.15, 0.2) is 11.5 Å². The van der Waals surface area contributed by atoms with Crippen molar-refractivity contribution in [2.24, 2.45) is 5.10 Å². The lowest BCUT2D eigenvalue weighted by atomic mass is 10.1. The molecule has 0 saturated carbocycles. The summed E-state index contributed by atoms with van der Waals surface area (Å²) in [5.41, 5.74) is 4.87. The third-order valence-electron chi connectivity index (χ3n) is 5.81. The van der Waals surface area contributed by atoms with Crippen LogP contribution in [0.4, 0.5) is 5.69 Å². The molecule has 4 aromatic rings. The van der Waals surface area contributed by atoms with E-state index < -0.39 is 0 Å². The van der Waals surface area contributed by atoms with Gasteiger partial charge in [-0.2, -0.15) is 5.10 Å². The van der Waals surface area contributed by atoms with Gasteiger partial charge in [-0.1, -0.05) is 42.5 Å². The summed E-state index contributed by atoms with van der Waals surface area (Å²) in [6.07, 6.45) is 1.54. The molecular weight excluding hydrogens is 482 g/mol. The van der Waals surface area contributed by atoms with Gasteiger partial charge in [0.05, 0.1) is 20.4 Å². The zero-order valence-electron chi connectivity index (χ0n) is 21.3. The molecule has 194 valence electrons. The molecule has 0 unspecified atom stereocenters. The first kappa shape index (κ1) is 26.2. The van der Waals surface area contributed by atoms with Crippen LogP contribution < -0.4 is 25.0 Å². The zero-order valence-corrected chi connectivity index (χ0v) is 21.3. The number of hydrazone groups is 1. The monoisotopic (exact) mass is 511 g/mol. The van der Waals surface area contributed by atoms with Crippen molar-refractivity contribution in [2.45, 2.75) is 19.4 Å². The molecule has 2 amide bonds. The summed E-state index contributed by atoms with van der Waals surface area (Å²) in [6.45, 7) is 0.396. The number of anilines is 1. The number of rotatable bonds is 11. The van der Waals surface area contributed by atoms with Gasteiger partial charge in [0.2, 0.25) is 11.8 Å². The van der Waals surface area contributed by atoms with E-state index in [1.165, 1.54) is 6.21 Å². The molecule has 0 atom stereocenters. The minimum atomic E-state index is -0.367. The van der Waals surface area contributed by atoms with E-state index in [0.29, 0.717) is 29.5 Å². The highest BCUT2D eigenvalue weighted by molar-refractivity contribution is 5.93. The van der Waals surface area contributed by atoms with Crippen molar-refractivity contribution in [3.05, 3.63) is 96.1 Å². The summed E-state index contributed by atoms with van der Waals surface area (Å²) in [4.78, 5) is 24.2. The Morgan fingerprint density at radius 1 is 0.816 bits per heavy atom. The number of carbonyl (C=O) groups excluding carboxylic acids is 2. The van der Waals surface area contributed by atoms with Crippen LogP contribution >= 0.6 is 0 Å². The Labute approximate surface area is 221 Å². The van der Waals surface area contributed by atoms with E-state index in [2.05, 4.69) is 34.0 Å². The molecule has 0 radical (unpaired) electrons. The SMILES string of the molecule is COc1ccc(NC(=O)CCC(=O)NN=Cc2ccc(OCc3cccc4ccccc34)c(OC)c2)cc1. The molecule has 4 rings (SSSR count). The van der Waals surface area contributed by atoms with Gasteiger partial charge in [-0.25, -0.2) is 5.43 Å². The Hall–Kier alpha value is -4.85. The highest BCUT2D eigenvalue weighted by Crippen LogP contribution is 2.29. The van der Waals surface area contributed by atoms with Crippen molar-refractivity contribution >= 4 is 34.5 Å². The maximum atomic E-state index is 12.1. The summed E-state index contributed by atoms with van der Waals surface area (Å²) in [5, 5.41) is 9.03. The molecule has 0 fully saturated rings. The lowest BCUT2D eigenvalue weighted by Crippen LogP contribution is -2.20. The van der Waals surface area contributed by atoms with Crippen LogP contribution in [-0.4, -0.2) is 32.2 Å². The molecule has 8 heteroatoms. The van der Waals surface area contributed by atoms with Gasteiger partial charge in [-0.05, 0) is 64.4 Å². The molecule has 0 aliphatic heterocycles. The van der Waals surface area contributed by atoms with E-state index >= 15 is 0 Å². The van der Waals surface area contributed by atoms with Crippen LogP contribution in [0.25, 0.3) is 10.8 Å². The largest absolute Gasteiger partial charge is 0.497 e. The van der Waals surface area contributed by atoms with Crippen molar-refractivity contribution in [3.63, 3.8) is 0 Å². The summed E-state index contributed by atoms with van der Waals surface area (Å²) in [6, 6.07) is 26.7. The highest BCUT2D eigenvalue weighted by Gasteiger charge is 2.09. The zero-order chi connectivity index (χ0) is 26.7. The number of hydrogen-bond acceptors (Lipinski definition) is 6. The van der Waals surface area contributed by atoms with Gasteiger partial charge >= 0.3 is 0 Å². The second kappa shape index (κ2) is 12.9. The number of methoxy groups -OCH3 is 2. The number of nitrogens with zero attached hydrogens (tertiary/aromatic N) is 1. The maximum absolute atomic E-state index is 12.1. The van der Waals surface area contributed by atoms with E-state index in [4.69, 9.17) is 14.2 Å². The predicted octanol–water partition coefficient (Wildman–Crippen LogP) is 5.31. The molecule has 0 saturated heterocycles. The van der Waals surface area contributed by atoms with Gasteiger partial charge in [0, 0.05) is 18.5 Å². The van der Waals surface area contributed by atoms with E-state index in [-0.39, 0.29) is 24.7 Å². The molecule has 2 N–H and O–H groups in total. The lowest BCUT2D eigenvalue weighted by Gasteiger charge is -2.12. The van der Waals surface area contributed by atoms with E-state index in [1.54, 1.807) is 50.6 Å². The summed E-state index contributed by atoms with van der Waals surface area (Å²) < 4.78 is 16.6. The minimum Gasteiger partial charge on any atom is -0.497 e. The molecular formula is C30H29N3O5. The lowest BCUT2D eigenvalue weighted by molar-refractivity contribution is -0.124. The quantitative estimate of drug-likeness (QED) is 0.210. The van der Waals surface area contributed by atoms with Crippen molar-refractivity contribution < 1.29 is 23.8 Å². The Bertz CT molecular complexity index is 1430. The van der Waals surface area contributed by atoms with Gasteiger partial charge in [0.1, 0.15) is 12.4 Å². The number of carbonyl (C=O) groups is 2. The predicted molar refractivity (Wildman–Crippen MR) is 148 cm³/mol. The normalized spacial score (nSPS) is 10.8. The van der Waals surface area contributed by atoms with Crippen LogP contribution in [0.15, 0.2) is 90.0 Å². The third kappa shape index (κ3) is 7.10. The molecule has 0 heterocycles. The van der Waals surface area contributed by atoms with Gasteiger partial charge < -0.3 is 19.5 Å². The minimum absolute atomic E-state index is 0.00357. The van der Waals surface area contributed by atoms with Crippen LogP contribution in [0, 0.1) is 0 Å². The van der Waals surface area contributed by atoms with Crippen molar-refractivity contribution in [2.75, 3.05) is 19.5 Å². The number of benzene rings is 4. The highest BCUT2D eigenvalue weighted by atomic mass is 16.5. The number of ether oxygens (including phenoxy) is 3. The second-order valence-electron chi connectivity index (χ2n) is 8.41. The maximum Gasteiger partial charge on any atom is 0.240 e. The number of fused-ring (bicyclic) bond motifs is 1. The molecule has 0 aliphatic rings. The van der Waals surface area contributed by atoms with Gasteiger partial charge in [-0.3, -0.25) is 9.59 Å². The first-order valence-corrected chi connectivity index (χ1v) is 12.1. The van der Waals surface area contributed by atoms with Crippen LogP contribution in [-0.2, 0) is 16.2 Å². The van der Waals surface area contributed by atoms with E-state index in [1.807, 2.05) is 30.3 Å². The smallest absolute Gasteiger partial charge is 0.240 e. The molecule has 0 aromatic heterocycles. The van der Waals surface area contributed by atoms with Crippen molar-refractivity contribution in [1.29, 1.82) is 0 Å². The fourth-order valence-electron chi connectivity index (χ4n) is 3.82.